The van der Waals surface area contributed by atoms with Crippen LogP contribution in [0.5, 0.6) is 17.2 Å². The van der Waals surface area contributed by atoms with E-state index in [-0.39, 0.29) is 11.7 Å². The molecular weight excluding hydrogens is 313 g/mol. The molecule has 0 aromatic heterocycles. The maximum absolute atomic E-state index is 13.6. The van der Waals surface area contributed by atoms with Crippen molar-refractivity contribution in [3.05, 3.63) is 53.3 Å². The molecule has 0 atom stereocenters. The SMILES string of the molecule is COc1cc(OC)cc(C(=O)NCCc2ccc(OC)c(F)c2)c1. The van der Waals surface area contributed by atoms with E-state index in [9.17, 15) is 9.18 Å². The highest BCUT2D eigenvalue weighted by Crippen LogP contribution is 2.22. The van der Waals surface area contributed by atoms with Crippen molar-refractivity contribution in [1.82, 2.24) is 5.32 Å². The third-order valence-corrected chi connectivity index (χ3v) is 3.53. The van der Waals surface area contributed by atoms with Crippen LogP contribution in [-0.4, -0.2) is 33.8 Å². The fraction of sp³-hybridized carbons (Fsp3) is 0.278. The summed E-state index contributed by atoms with van der Waals surface area (Å²) in [5, 5.41) is 2.79. The Morgan fingerprint density at radius 1 is 1.00 bits per heavy atom. The van der Waals surface area contributed by atoms with Gasteiger partial charge in [-0.05, 0) is 36.2 Å². The lowest BCUT2D eigenvalue weighted by Gasteiger charge is -2.10. The minimum Gasteiger partial charge on any atom is -0.497 e. The monoisotopic (exact) mass is 333 g/mol. The number of benzene rings is 2. The number of amides is 1. The first-order valence-corrected chi connectivity index (χ1v) is 7.41. The Morgan fingerprint density at radius 3 is 2.21 bits per heavy atom. The van der Waals surface area contributed by atoms with Gasteiger partial charge in [-0.3, -0.25) is 4.79 Å². The Morgan fingerprint density at radius 2 is 1.67 bits per heavy atom. The maximum atomic E-state index is 13.6. The number of hydrogen-bond acceptors (Lipinski definition) is 4. The van der Waals surface area contributed by atoms with Gasteiger partial charge in [-0.15, -0.1) is 0 Å². The quantitative estimate of drug-likeness (QED) is 0.846. The fourth-order valence-electron chi connectivity index (χ4n) is 2.23. The Bertz CT molecular complexity index is 696. The van der Waals surface area contributed by atoms with Gasteiger partial charge in [0.2, 0.25) is 0 Å². The lowest BCUT2D eigenvalue weighted by Crippen LogP contribution is -2.25. The van der Waals surface area contributed by atoms with Crippen molar-refractivity contribution in [3.8, 4) is 17.2 Å². The molecule has 0 saturated heterocycles. The van der Waals surface area contributed by atoms with Gasteiger partial charge in [0.25, 0.3) is 5.91 Å². The molecule has 128 valence electrons. The normalized spacial score (nSPS) is 10.2. The van der Waals surface area contributed by atoms with Gasteiger partial charge >= 0.3 is 0 Å². The van der Waals surface area contributed by atoms with Gasteiger partial charge in [-0.2, -0.15) is 0 Å². The van der Waals surface area contributed by atoms with E-state index >= 15 is 0 Å². The van der Waals surface area contributed by atoms with Crippen LogP contribution < -0.4 is 19.5 Å². The summed E-state index contributed by atoms with van der Waals surface area (Å²) in [5.74, 6) is 0.611. The molecule has 0 aliphatic heterocycles. The molecule has 0 aliphatic rings. The molecule has 5 nitrogen and oxygen atoms in total. The minimum atomic E-state index is -0.418. The highest BCUT2D eigenvalue weighted by Gasteiger charge is 2.10. The molecule has 2 aromatic rings. The molecule has 2 rings (SSSR count). The van der Waals surface area contributed by atoms with Crippen LogP contribution in [0.25, 0.3) is 0 Å². The van der Waals surface area contributed by atoms with E-state index in [1.807, 2.05) is 0 Å². The maximum Gasteiger partial charge on any atom is 0.251 e. The third-order valence-electron chi connectivity index (χ3n) is 3.53. The van der Waals surface area contributed by atoms with Gasteiger partial charge in [0.05, 0.1) is 21.3 Å². The lowest BCUT2D eigenvalue weighted by atomic mass is 10.1. The molecule has 6 heteroatoms. The zero-order chi connectivity index (χ0) is 17.5. The van der Waals surface area contributed by atoms with Gasteiger partial charge in [0.1, 0.15) is 11.5 Å². The summed E-state index contributed by atoms with van der Waals surface area (Å²) in [7, 11) is 4.46. The number of hydrogen-bond donors (Lipinski definition) is 1. The third kappa shape index (κ3) is 4.38. The standard InChI is InChI=1S/C18H20FNO4/c1-22-14-9-13(10-15(11-14)23-2)18(21)20-7-6-12-4-5-17(24-3)16(19)8-12/h4-5,8-11H,6-7H2,1-3H3,(H,20,21). The molecule has 24 heavy (non-hydrogen) atoms. The number of carbonyl (C=O) groups excluding carboxylic acids is 1. The fourth-order valence-corrected chi connectivity index (χ4v) is 2.23. The number of methoxy groups -OCH3 is 3. The van der Waals surface area contributed by atoms with Gasteiger partial charge in [0.15, 0.2) is 11.6 Å². The van der Waals surface area contributed by atoms with Crippen LogP contribution in [0.2, 0.25) is 0 Å². The van der Waals surface area contributed by atoms with E-state index in [4.69, 9.17) is 14.2 Å². The highest BCUT2D eigenvalue weighted by molar-refractivity contribution is 5.95. The molecule has 1 amide bonds. The predicted molar refractivity (Wildman–Crippen MR) is 88.5 cm³/mol. The summed E-state index contributed by atoms with van der Waals surface area (Å²) in [6.45, 7) is 0.379. The molecule has 0 spiro atoms. The van der Waals surface area contributed by atoms with E-state index in [0.29, 0.717) is 30.0 Å². The van der Waals surface area contributed by atoms with Gasteiger partial charge in [-0.25, -0.2) is 4.39 Å². The second-order valence-electron chi connectivity index (χ2n) is 5.08. The Hall–Kier alpha value is -2.76. The van der Waals surface area contributed by atoms with Crippen LogP contribution >= 0.6 is 0 Å². The number of halogens is 1. The van der Waals surface area contributed by atoms with E-state index < -0.39 is 5.82 Å². The van der Waals surface area contributed by atoms with E-state index in [1.54, 1.807) is 30.3 Å². The van der Waals surface area contributed by atoms with Crippen molar-refractivity contribution in [3.63, 3.8) is 0 Å². The van der Waals surface area contributed by atoms with Gasteiger partial charge in [-0.1, -0.05) is 6.07 Å². The smallest absolute Gasteiger partial charge is 0.251 e. The molecule has 0 saturated carbocycles. The van der Waals surface area contributed by atoms with E-state index in [0.717, 1.165) is 5.56 Å². The Kier molecular flexibility index (Phi) is 6.01. The summed E-state index contributed by atoms with van der Waals surface area (Å²) < 4.78 is 28.8. The largest absolute Gasteiger partial charge is 0.497 e. The summed E-state index contributed by atoms with van der Waals surface area (Å²) in [6.07, 6.45) is 0.508. The van der Waals surface area contributed by atoms with Crippen molar-refractivity contribution in [2.45, 2.75) is 6.42 Å². The summed E-state index contributed by atoms with van der Waals surface area (Å²) in [5.41, 5.74) is 1.21. The molecule has 0 radical (unpaired) electrons. The van der Waals surface area contributed by atoms with Gasteiger partial charge in [0, 0.05) is 18.2 Å². The van der Waals surface area contributed by atoms with Crippen LogP contribution in [0, 0.1) is 5.82 Å². The molecule has 2 aromatic carbocycles. The topological polar surface area (TPSA) is 56.8 Å². The lowest BCUT2D eigenvalue weighted by molar-refractivity contribution is 0.0953. The molecule has 0 aliphatic carbocycles. The molecule has 0 heterocycles. The number of ether oxygens (including phenoxy) is 3. The average molecular weight is 333 g/mol. The average Bonchev–Trinajstić information content (AvgIpc) is 2.61. The van der Waals surface area contributed by atoms with Crippen molar-refractivity contribution in [2.24, 2.45) is 0 Å². The highest BCUT2D eigenvalue weighted by atomic mass is 19.1. The van der Waals surface area contributed by atoms with E-state index in [2.05, 4.69) is 5.32 Å². The number of rotatable bonds is 7. The first kappa shape index (κ1) is 17.6. The van der Waals surface area contributed by atoms with Crippen molar-refractivity contribution < 1.29 is 23.4 Å². The summed E-state index contributed by atoms with van der Waals surface area (Å²) >= 11 is 0. The first-order valence-electron chi connectivity index (χ1n) is 7.41. The molecule has 1 N–H and O–H groups in total. The van der Waals surface area contributed by atoms with Crippen molar-refractivity contribution in [1.29, 1.82) is 0 Å². The Balaban J connectivity index is 1.97. The number of carbonyl (C=O) groups is 1. The summed E-state index contributed by atoms with van der Waals surface area (Å²) in [6, 6.07) is 9.69. The zero-order valence-corrected chi connectivity index (χ0v) is 13.9. The second-order valence-corrected chi connectivity index (χ2v) is 5.08. The summed E-state index contributed by atoms with van der Waals surface area (Å²) in [4.78, 5) is 12.2. The van der Waals surface area contributed by atoms with Crippen molar-refractivity contribution >= 4 is 5.91 Å². The Labute approximate surface area is 140 Å². The van der Waals surface area contributed by atoms with Crippen LogP contribution in [0.3, 0.4) is 0 Å². The molecule has 0 unspecified atom stereocenters. The van der Waals surface area contributed by atoms with Gasteiger partial charge < -0.3 is 19.5 Å². The minimum absolute atomic E-state index is 0.200. The zero-order valence-electron chi connectivity index (χ0n) is 13.9. The predicted octanol–water partition coefficient (Wildman–Crippen LogP) is 2.82. The molecule has 0 fully saturated rings. The molecule has 0 bridgehead atoms. The second kappa shape index (κ2) is 8.19. The number of nitrogens with one attached hydrogen (secondary N) is 1. The van der Waals surface area contributed by atoms with Crippen LogP contribution in [0.15, 0.2) is 36.4 Å². The molecular formula is C18H20FNO4. The van der Waals surface area contributed by atoms with E-state index in [1.165, 1.54) is 27.4 Å². The van der Waals surface area contributed by atoms with Crippen LogP contribution in [0.1, 0.15) is 15.9 Å². The van der Waals surface area contributed by atoms with Crippen LogP contribution in [-0.2, 0) is 6.42 Å². The van der Waals surface area contributed by atoms with Crippen molar-refractivity contribution in [2.75, 3.05) is 27.9 Å². The van der Waals surface area contributed by atoms with Crippen LogP contribution in [0.4, 0.5) is 4.39 Å². The first-order chi connectivity index (χ1) is 11.6.